The summed E-state index contributed by atoms with van der Waals surface area (Å²) >= 11 is 6.28. The van der Waals surface area contributed by atoms with Crippen molar-refractivity contribution in [2.75, 3.05) is 20.3 Å². The first-order valence-electron chi connectivity index (χ1n) is 7.42. The van der Waals surface area contributed by atoms with Crippen LogP contribution in [0.2, 0.25) is 5.02 Å². The molecule has 0 bridgehead atoms. The van der Waals surface area contributed by atoms with Gasteiger partial charge in [-0.2, -0.15) is 0 Å². The highest BCUT2D eigenvalue weighted by atomic mass is 35.5. The molecule has 0 aliphatic carbocycles. The van der Waals surface area contributed by atoms with Gasteiger partial charge in [0.2, 0.25) is 0 Å². The van der Waals surface area contributed by atoms with Crippen LogP contribution in [-0.2, 0) is 6.54 Å². The van der Waals surface area contributed by atoms with Gasteiger partial charge in [0.1, 0.15) is 0 Å². The summed E-state index contributed by atoms with van der Waals surface area (Å²) < 4.78 is 11.0. The van der Waals surface area contributed by atoms with E-state index >= 15 is 0 Å². The van der Waals surface area contributed by atoms with Gasteiger partial charge in [0, 0.05) is 6.54 Å². The molecule has 0 spiro atoms. The van der Waals surface area contributed by atoms with Crippen LogP contribution in [0.25, 0.3) is 0 Å². The summed E-state index contributed by atoms with van der Waals surface area (Å²) in [6.07, 6.45) is 4.66. The molecule has 0 saturated heterocycles. The van der Waals surface area contributed by atoms with Gasteiger partial charge >= 0.3 is 0 Å². The van der Waals surface area contributed by atoms with E-state index in [1.54, 1.807) is 7.11 Å². The first kappa shape index (κ1) is 17.1. The van der Waals surface area contributed by atoms with Crippen molar-refractivity contribution in [2.45, 2.75) is 46.1 Å². The van der Waals surface area contributed by atoms with E-state index in [1.165, 1.54) is 19.3 Å². The molecule has 0 radical (unpaired) electrons. The van der Waals surface area contributed by atoms with Crippen molar-refractivity contribution >= 4 is 11.6 Å². The molecule has 0 heterocycles. The number of halogens is 1. The van der Waals surface area contributed by atoms with Crippen LogP contribution < -0.4 is 14.8 Å². The number of unbranched alkanes of at least 4 members (excludes halogenated alkanes) is 2. The molecule has 4 heteroatoms. The van der Waals surface area contributed by atoms with Crippen molar-refractivity contribution in [3.05, 3.63) is 22.7 Å². The molecule has 0 aliphatic heterocycles. The molecule has 0 aromatic heterocycles. The molecular weight excluding hydrogens is 274 g/mol. The maximum Gasteiger partial charge on any atom is 0.179 e. The van der Waals surface area contributed by atoms with Crippen LogP contribution in [0.5, 0.6) is 11.5 Å². The van der Waals surface area contributed by atoms with Gasteiger partial charge in [-0.15, -0.1) is 0 Å². The van der Waals surface area contributed by atoms with Gasteiger partial charge in [0.05, 0.1) is 18.7 Å². The second-order valence-corrected chi connectivity index (χ2v) is 5.25. The lowest BCUT2D eigenvalue weighted by atomic mass is 10.2. The van der Waals surface area contributed by atoms with Gasteiger partial charge in [-0.3, -0.25) is 0 Å². The van der Waals surface area contributed by atoms with Gasteiger partial charge < -0.3 is 14.8 Å². The average molecular weight is 300 g/mol. The van der Waals surface area contributed by atoms with E-state index in [9.17, 15) is 0 Å². The minimum atomic E-state index is 0.614. The molecule has 114 valence electrons. The van der Waals surface area contributed by atoms with Crippen molar-refractivity contribution in [2.24, 2.45) is 0 Å². The van der Waals surface area contributed by atoms with Gasteiger partial charge in [0.25, 0.3) is 0 Å². The molecule has 0 fully saturated rings. The Morgan fingerprint density at radius 1 is 1.15 bits per heavy atom. The van der Waals surface area contributed by atoms with Crippen LogP contribution in [-0.4, -0.2) is 20.3 Å². The lowest BCUT2D eigenvalue weighted by Crippen LogP contribution is -2.14. The summed E-state index contributed by atoms with van der Waals surface area (Å²) in [6, 6.07) is 3.94. The fraction of sp³-hybridized carbons (Fsp3) is 0.625. The third-order valence-electron chi connectivity index (χ3n) is 3.03. The zero-order valence-electron chi connectivity index (χ0n) is 12.8. The summed E-state index contributed by atoms with van der Waals surface area (Å²) in [6.45, 7) is 6.75. The van der Waals surface area contributed by atoms with Crippen molar-refractivity contribution in [1.82, 2.24) is 5.32 Å². The zero-order valence-corrected chi connectivity index (χ0v) is 13.6. The normalized spacial score (nSPS) is 10.6. The first-order chi connectivity index (χ1) is 9.72. The Kier molecular flexibility index (Phi) is 8.47. The van der Waals surface area contributed by atoms with E-state index in [1.807, 2.05) is 12.1 Å². The molecule has 3 nitrogen and oxygen atoms in total. The molecule has 20 heavy (non-hydrogen) atoms. The Balaban J connectivity index is 2.62. The lowest BCUT2D eigenvalue weighted by Gasteiger charge is -2.14. The Labute approximate surface area is 127 Å². The zero-order chi connectivity index (χ0) is 14.8. The highest BCUT2D eigenvalue weighted by molar-refractivity contribution is 6.32. The first-order valence-corrected chi connectivity index (χ1v) is 7.80. The molecule has 0 unspecified atom stereocenters. The number of benzene rings is 1. The Hall–Kier alpha value is -0.930. The third kappa shape index (κ3) is 5.59. The van der Waals surface area contributed by atoms with E-state index in [-0.39, 0.29) is 0 Å². The number of ether oxygens (including phenoxy) is 2. The third-order valence-corrected chi connectivity index (χ3v) is 3.31. The van der Waals surface area contributed by atoms with E-state index in [4.69, 9.17) is 21.1 Å². The predicted octanol–water partition coefficient (Wildman–Crippen LogP) is 4.42. The average Bonchev–Trinajstić information content (AvgIpc) is 2.45. The quantitative estimate of drug-likeness (QED) is 0.649. The fourth-order valence-corrected chi connectivity index (χ4v) is 2.24. The minimum Gasteiger partial charge on any atom is -0.493 e. The molecule has 1 N–H and O–H groups in total. The van der Waals surface area contributed by atoms with Gasteiger partial charge in [-0.1, -0.05) is 38.3 Å². The predicted molar refractivity (Wildman–Crippen MR) is 85.0 cm³/mol. The Morgan fingerprint density at radius 2 is 1.95 bits per heavy atom. The lowest BCUT2D eigenvalue weighted by molar-refractivity contribution is 0.294. The van der Waals surface area contributed by atoms with Crippen LogP contribution in [0.15, 0.2) is 12.1 Å². The van der Waals surface area contributed by atoms with E-state index in [0.29, 0.717) is 23.1 Å². The number of methoxy groups -OCH3 is 1. The van der Waals surface area contributed by atoms with Crippen molar-refractivity contribution in [3.63, 3.8) is 0 Å². The summed E-state index contributed by atoms with van der Waals surface area (Å²) in [4.78, 5) is 0. The van der Waals surface area contributed by atoms with Crippen LogP contribution in [0.1, 0.15) is 45.1 Å². The highest BCUT2D eigenvalue weighted by Crippen LogP contribution is 2.36. The largest absolute Gasteiger partial charge is 0.493 e. The molecule has 1 rings (SSSR count). The monoisotopic (exact) mass is 299 g/mol. The fourth-order valence-electron chi connectivity index (χ4n) is 1.95. The molecule has 0 atom stereocenters. The molecule has 0 saturated carbocycles. The number of hydrogen-bond acceptors (Lipinski definition) is 3. The number of nitrogens with one attached hydrogen (secondary N) is 1. The molecule has 0 amide bonds. The molecular formula is C16H26ClNO2. The summed E-state index contributed by atoms with van der Waals surface area (Å²) in [5, 5.41) is 4.04. The maximum atomic E-state index is 6.28. The van der Waals surface area contributed by atoms with Crippen molar-refractivity contribution in [1.29, 1.82) is 0 Å². The Bertz CT molecular complexity index is 396. The topological polar surface area (TPSA) is 30.5 Å². The van der Waals surface area contributed by atoms with Crippen molar-refractivity contribution < 1.29 is 9.47 Å². The minimum absolute atomic E-state index is 0.614. The smallest absolute Gasteiger partial charge is 0.179 e. The SMILES string of the molecule is CCCCCNCc1cc(Cl)c(OCCC)c(OC)c1. The standard InChI is InChI=1S/C16H26ClNO2/c1-4-6-7-8-18-12-13-10-14(17)16(20-9-5-2)15(11-13)19-3/h10-11,18H,4-9,12H2,1-3H3. The second kappa shape index (κ2) is 9.89. The van der Waals surface area contributed by atoms with E-state index in [2.05, 4.69) is 19.2 Å². The second-order valence-electron chi connectivity index (χ2n) is 4.84. The van der Waals surface area contributed by atoms with E-state index in [0.717, 1.165) is 25.1 Å². The summed E-state index contributed by atoms with van der Waals surface area (Å²) in [7, 11) is 1.64. The Morgan fingerprint density at radius 3 is 2.60 bits per heavy atom. The van der Waals surface area contributed by atoms with Gasteiger partial charge in [-0.05, 0) is 37.1 Å². The molecule has 0 aliphatic rings. The van der Waals surface area contributed by atoms with Crippen LogP contribution in [0.4, 0.5) is 0 Å². The molecule has 1 aromatic rings. The summed E-state index contributed by atoms with van der Waals surface area (Å²) in [5.41, 5.74) is 1.12. The number of hydrogen-bond donors (Lipinski definition) is 1. The van der Waals surface area contributed by atoms with Crippen molar-refractivity contribution in [3.8, 4) is 11.5 Å². The van der Waals surface area contributed by atoms with Crippen LogP contribution in [0, 0.1) is 0 Å². The highest BCUT2D eigenvalue weighted by Gasteiger charge is 2.11. The van der Waals surface area contributed by atoms with Gasteiger partial charge in [-0.25, -0.2) is 0 Å². The van der Waals surface area contributed by atoms with E-state index < -0.39 is 0 Å². The number of rotatable bonds is 10. The van der Waals surface area contributed by atoms with Crippen LogP contribution >= 0.6 is 11.6 Å². The maximum absolute atomic E-state index is 6.28. The molecule has 1 aromatic carbocycles. The van der Waals surface area contributed by atoms with Crippen LogP contribution in [0.3, 0.4) is 0 Å². The summed E-state index contributed by atoms with van der Waals surface area (Å²) in [5.74, 6) is 1.35. The van der Waals surface area contributed by atoms with Gasteiger partial charge in [0.15, 0.2) is 11.5 Å².